The van der Waals surface area contributed by atoms with E-state index in [-0.39, 0.29) is 12.6 Å². The summed E-state index contributed by atoms with van der Waals surface area (Å²) in [5, 5.41) is 9.36. The van der Waals surface area contributed by atoms with E-state index in [1.165, 1.54) is 11.8 Å². The van der Waals surface area contributed by atoms with Gasteiger partial charge in [0.2, 0.25) is 5.91 Å². The number of benzene rings is 1. The molecule has 5 heteroatoms. The number of carbonyl (C=O) groups is 2. The van der Waals surface area contributed by atoms with E-state index < -0.39 is 17.9 Å². The quantitative estimate of drug-likeness (QED) is 0.795. The van der Waals surface area contributed by atoms with Gasteiger partial charge in [0, 0.05) is 0 Å². The van der Waals surface area contributed by atoms with Gasteiger partial charge in [-0.2, -0.15) is 0 Å². The molecule has 0 aromatic heterocycles. The lowest BCUT2D eigenvalue weighted by atomic mass is 10.1. The van der Waals surface area contributed by atoms with E-state index in [4.69, 9.17) is 5.73 Å². The van der Waals surface area contributed by atoms with E-state index in [1.807, 2.05) is 30.3 Å². The van der Waals surface area contributed by atoms with Crippen LogP contribution in [0.5, 0.6) is 0 Å². The molecule has 0 saturated carbocycles. The molecule has 98 valence electrons. The molecule has 0 heterocycles. The number of hydrogen-bond acceptors (Lipinski definition) is 3. The Morgan fingerprint density at radius 3 is 2.28 bits per heavy atom. The SMILES string of the molecule is CC(O)C(=O)N(CC(N)=O)[C@H](C)c1ccccc1. The van der Waals surface area contributed by atoms with Gasteiger partial charge in [0.15, 0.2) is 0 Å². The fourth-order valence-corrected chi connectivity index (χ4v) is 1.73. The molecule has 0 fully saturated rings. The van der Waals surface area contributed by atoms with Crippen molar-refractivity contribution >= 4 is 11.8 Å². The van der Waals surface area contributed by atoms with Gasteiger partial charge in [0.1, 0.15) is 6.10 Å². The highest BCUT2D eigenvalue weighted by Crippen LogP contribution is 2.20. The summed E-state index contributed by atoms with van der Waals surface area (Å²) >= 11 is 0. The number of rotatable bonds is 5. The Bertz CT molecular complexity index is 418. The molecule has 2 atom stereocenters. The van der Waals surface area contributed by atoms with Crippen LogP contribution < -0.4 is 5.73 Å². The zero-order valence-corrected chi connectivity index (χ0v) is 10.5. The standard InChI is InChI=1S/C13H18N2O3/c1-9(11-6-4-3-5-7-11)15(8-12(14)17)13(18)10(2)16/h3-7,9-10,16H,8H2,1-2H3,(H2,14,17)/t9-,10?/m1/s1. The van der Waals surface area contributed by atoms with Crippen molar-refractivity contribution in [1.29, 1.82) is 0 Å². The summed E-state index contributed by atoms with van der Waals surface area (Å²) in [6.45, 7) is 2.95. The van der Waals surface area contributed by atoms with E-state index in [9.17, 15) is 14.7 Å². The molecule has 0 spiro atoms. The van der Waals surface area contributed by atoms with E-state index in [0.29, 0.717) is 0 Å². The maximum Gasteiger partial charge on any atom is 0.252 e. The third kappa shape index (κ3) is 3.56. The maximum atomic E-state index is 11.9. The summed E-state index contributed by atoms with van der Waals surface area (Å²) in [6.07, 6.45) is -1.16. The molecule has 2 amide bonds. The molecule has 5 nitrogen and oxygen atoms in total. The third-order valence-electron chi connectivity index (χ3n) is 2.72. The second-order valence-corrected chi connectivity index (χ2v) is 4.20. The Morgan fingerprint density at radius 2 is 1.83 bits per heavy atom. The number of primary amides is 1. The predicted octanol–water partition coefficient (Wildman–Crippen LogP) is 0.442. The van der Waals surface area contributed by atoms with Gasteiger partial charge < -0.3 is 15.7 Å². The van der Waals surface area contributed by atoms with Crippen molar-refractivity contribution in [3.8, 4) is 0 Å². The van der Waals surface area contributed by atoms with E-state index in [1.54, 1.807) is 6.92 Å². The first-order valence-electron chi connectivity index (χ1n) is 5.75. The summed E-state index contributed by atoms with van der Waals surface area (Å²) in [6, 6.07) is 8.95. The van der Waals surface area contributed by atoms with Crippen LogP contribution >= 0.6 is 0 Å². The van der Waals surface area contributed by atoms with Crippen LogP contribution in [-0.2, 0) is 9.59 Å². The Labute approximate surface area is 106 Å². The summed E-state index contributed by atoms with van der Waals surface area (Å²) in [7, 11) is 0. The minimum Gasteiger partial charge on any atom is -0.384 e. The summed E-state index contributed by atoms with van der Waals surface area (Å²) in [5.41, 5.74) is 6.01. The fraction of sp³-hybridized carbons (Fsp3) is 0.385. The minimum absolute atomic E-state index is 0.209. The van der Waals surface area contributed by atoms with Gasteiger partial charge >= 0.3 is 0 Å². The van der Waals surface area contributed by atoms with Gasteiger partial charge in [0.05, 0.1) is 12.6 Å². The lowest BCUT2D eigenvalue weighted by Gasteiger charge is -2.29. The number of nitrogens with zero attached hydrogens (tertiary/aromatic N) is 1. The number of nitrogens with two attached hydrogens (primary N) is 1. The van der Waals surface area contributed by atoms with Crippen LogP contribution in [0.1, 0.15) is 25.5 Å². The maximum absolute atomic E-state index is 11.9. The van der Waals surface area contributed by atoms with Crippen LogP contribution in [0.15, 0.2) is 30.3 Å². The zero-order valence-electron chi connectivity index (χ0n) is 10.5. The lowest BCUT2D eigenvalue weighted by molar-refractivity contribution is -0.144. The van der Waals surface area contributed by atoms with Crippen LogP contribution in [0.2, 0.25) is 0 Å². The molecule has 1 rings (SSSR count). The Balaban J connectivity index is 2.96. The first-order valence-corrected chi connectivity index (χ1v) is 5.75. The number of amides is 2. The van der Waals surface area contributed by atoms with Crippen LogP contribution in [0.3, 0.4) is 0 Å². The van der Waals surface area contributed by atoms with E-state index >= 15 is 0 Å². The summed E-state index contributed by atoms with van der Waals surface area (Å²) in [4.78, 5) is 24.2. The molecular weight excluding hydrogens is 232 g/mol. The Hall–Kier alpha value is -1.88. The molecule has 1 aromatic carbocycles. The normalized spacial score (nSPS) is 13.7. The van der Waals surface area contributed by atoms with Crippen molar-refractivity contribution in [3.05, 3.63) is 35.9 Å². The Morgan fingerprint density at radius 1 is 1.28 bits per heavy atom. The third-order valence-corrected chi connectivity index (χ3v) is 2.72. The molecule has 18 heavy (non-hydrogen) atoms. The molecule has 1 aromatic rings. The monoisotopic (exact) mass is 250 g/mol. The predicted molar refractivity (Wildman–Crippen MR) is 67.4 cm³/mol. The topological polar surface area (TPSA) is 83.6 Å². The van der Waals surface area contributed by atoms with Gasteiger partial charge in [-0.1, -0.05) is 30.3 Å². The van der Waals surface area contributed by atoms with Crippen LogP contribution in [0.4, 0.5) is 0 Å². The molecule has 0 bridgehead atoms. The molecule has 3 N–H and O–H groups in total. The van der Waals surface area contributed by atoms with Gasteiger partial charge in [-0.25, -0.2) is 0 Å². The number of hydrogen-bond donors (Lipinski definition) is 2. The van der Waals surface area contributed by atoms with Crippen molar-refractivity contribution in [2.24, 2.45) is 5.73 Å². The van der Waals surface area contributed by atoms with Gasteiger partial charge in [-0.3, -0.25) is 9.59 Å². The van der Waals surface area contributed by atoms with Crippen molar-refractivity contribution in [2.75, 3.05) is 6.54 Å². The Kier molecular flexibility index (Phi) is 4.85. The molecule has 0 aliphatic rings. The van der Waals surface area contributed by atoms with Gasteiger partial charge in [-0.05, 0) is 19.4 Å². The molecular formula is C13H18N2O3. The van der Waals surface area contributed by atoms with Crippen LogP contribution in [0.25, 0.3) is 0 Å². The number of aliphatic hydroxyl groups is 1. The van der Waals surface area contributed by atoms with Gasteiger partial charge in [0.25, 0.3) is 5.91 Å². The van der Waals surface area contributed by atoms with Gasteiger partial charge in [-0.15, -0.1) is 0 Å². The van der Waals surface area contributed by atoms with Crippen molar-refractivity contribution < 1.29 is 14.7 Å². The molecule has 0 aliphatic heterocycles. The van der Waals surface area contributed by atoms with Crippen LogP contribution in [-0.4, -0.2) is 34.5 Å². The smallest absolute Gasteiger partial charge is 0.252 e. The summed E-state index contributed by atoms with van der Waals surface area (Å²) in [5.74, 6) is -1.11. The first kappa shape index (κ1) is 14.2. The number of carbonyl (C=O) groups excluding carboxylic acids is 2. The van der Waals surface area contributed by atoms with Crippen molar-refractivity contribution in [1.82, 2.24) is 4.90 Å². The number of aliphatic hydroxyl groups excluding tert-OH is 1. The average molecular weight is 250 g/mol. The molecule has 0 saturated heterocycles. The fourth-order valence-electron chi connectivity index (χ4n) is 1.73. The molecule has 0 radical (unpaired) electrons. The average Bonchev–Trinajstić information content (AvgIpc) is 2.35. The largest absolute Gasteiger partial charge is 0.384 e. The van der Waals surface area contributed by atoms with Crippen molar-refractivity contribution in [3.63, 3.8) is 0 Å². The second-order valence-electron chi connectivity index (χ2n) is 4.20. The van der Waals surface area contributed by atoms with Crippen LogP contribution in [0, 0.1) is 0 Å². The van der Waals surface area contributed by atoms with E-state index in [0.717, 1.165) is 5.56 Å². The highest BCUT2D eigenvalue weighted by molar-refractivity contribution is 5.86. The molecule has 1 unspecified atom stereocenters. The lowest BCUT2D eigenvalue weighted by Crippen LogP contribution is -2.44. The second kappa shape index (κ2) is 6.16. The first-order chi connectivity index (χ1) is 8.43. The summed E-state index contributed by atoms with van der Waals surface area (Å²) < 4.78 is 0. The molecule has 0 aliphatic carbocycles. The zero-order chi connectivity index (χ0) is 13.7. The minimum atomic E-state index is -1.16. The van der Waals surface area contributed by atoms with Crippen molar-refractivity contribution in [2.45, 2.75) is 26.0 Å². The highest BCUT2D eigenvalue weighted by Gasteiger charge is 2.25. The highest BCUT2D eigenvalue weighted by atomic mass is 16.3. The van der Waals surface area contributed by atoms with E-state index in [2.05, 4.69) is 0 Å².